The first-order chi connectivity index (χ1) is 15.0. The Labute approximate surface area is 198 Å². The fourth-order valence-electron chi connectivity index (χ4n) is 3.42. The van der Waals surface area contributed by atoms with Crippen molar-refractivity contribution in [2.75, 3.05) is 13.2 Å². The van der Waals surface area contributed by atoms with Crippen LogP contribution in [0.4, 0.5) is 0 Å². The van der Waals surface area contributed by atoms with Gasteiger partial charge < -0.3 is 9.05 Å². The second-order valence-corrected chi connectivity index (χ2v) is 11.4. The summed E-state index contributed by atoms with van der Waals surface area (Å²) in [6.45, 7) is 14.2. The number of aryl methyl sites for hydroxylation is 2. The summed E-state index contributed by atoms with van der Waals surface area (Å²) in [4.78, 5) is 9.89. The molecule has 0 bridgehead atoms. The van der Waals surface area contributed by atoms with E-state index in [1.807, 2.05) is 69.5 Å². The number of fused-ring (bicyclic) bond motifs is 1. The minimum absolute atomic E-state index is 0.213. The maximum absolute atomic E-state index is 14.0. The largest absolute Gasteiger partial charge is 0.397 e. The van der Waals surface area contributed by atoms with Crippen LogP contribution >= 0.6 is 23.5 Å². The second kappa shape index (κ2) is 9.60. The zero-order chi connectivity index (χ0) is 23.7. The monoisotopic (exact) mass is 519 g/mol. The van der Waals surface area contributed by atoms with Gasteiger partial charge in [0.05, 0.1) is 30.0 Å². The van der Waals surface area contributed by atoms with Gasteiger partial charge >= 0.3 is 7.60 Å². The third kappa shape index (κ3) is 5.23. The maximum atomic E-state index is 14.0. The third-order valence-corrected chi connectivity index (χ3v) is 7.27. The first-order valence-corrected chi connectivity index (χ1v) is 13.1. The van der Waals surface area contributed by atoms with Gasteiger partial charge in [0.15, 0.2) is 0 Å². The van der Waals surface area contributed by atoms with E-state index in [2.05, 4.69) is 22.0 Å². The minimum atomic E-state index is -3.74. The average Bonchev–Trinajstić information content (AvgIpc) is 2.68. The van der Waals surface area contributed by atoms with Crippen LogP contribution in [0.5, 0.6) is 0 Å². The van der Waals surface area contributed by atoms with Crippen LogP contribution in [0, 0.1) is 13.8 Å². The van der Waals surface area contributed by atoms with Crippen molar-refractivity contribution in [1.82, 2.24) is 9.55 Å². The highest BCUT2D eigenvalue weighted by Gasteiger charge is 2.34. The highest BCUT2D eigenvalue weighted by molar-refractivity contribution is 9.10. The number of aromatic nitrogens is 2. The van der Waals surface area contributed by atoms with E-state index in [-0.39, 0.29) is 18.8 Å². The summed E-state index contributed by atoms with van der Waals surface area (Å²) in [5.74, 6) is 0. The van der Waals surface area contributed by atoms with Gasteiger partial charge in [0.25, 0.3) is 0 Å². The normalized spacial score (nSPS) is 13.2. The number of rotatable bonds is 6. The lowest BCUT2D eigenvalue weighted by Crippen LogP contribution is -2.38. The van der Waals surface area contributed by atoms with Gasteiger partial charge in [-0.25, -0.2) is 4.98 Å². The molecule has 0 aliphatic carbocycles. The van der Waals surface area contributed by atoms with Gasteiger partial charge in [0.1, 0.15) is 5.49 Å². The van der Waals surface area contributed by atoms with Crippen LogP contribution in [0.2, 0.25) is 0 Å². The van der Waals surface area contributed by atoms with Gasteiger partial charge in [-0.05, 0) is 94.2 Å². The molecule has 0 saturated carbocycles. The van der Waals surface area contributed by atoms with Gasteiger partial charge in [0, 0.05) is 9.86 Å². The van der Waals surface area contributed by atoms with E-state index < -0.39 is 13.1 Å². The van der Waals surface area contributed by atoms with Crippen molar-refractivity contribution >= 4 is 40.0 Å². The lowest BCUT2D eigenvalue weighted by atomic mass is 10.1. The molecule has 0 unspecified atom stereocenters. The van der Waals surface area contributed by atoms with E-state index in [4.69, 9.17) is 19.0 Å². The molecule has 2 aromatic carbocycles. The Morgan fingerprint density at radius 1 is 1.03 bits per heavy atom. The molecule has 0 aliphatic rings. The van der Waals surface area contributed by atoms with Gasteiger partial charge in [-0.15, -0.1) is 0 Å². The van der Waals surface area contributed by atoms with Gasteiger partial charge in [-0.3, -0.25) is 14.1 Å². The molecule has 32 heavy (non-hydrogen) atoms. The molecule has 3 aromatic rings. The van der Waals surface area contributed by atoms with Gasteiger partial charge in [-0.1, -0.05) is 17.7 Å². The summed E-state index contributed by atoms with van der Waals surface area (Å²) in [6.07, 6.45) is 0. The van der Waals surface area contributed by atoms with Crippen molar-refractivity contribution in [3.05, 3.63) is 57.5 Å². The molecular weight excluding hydrogens is 489 g/mol. The van der Waals surface area contributed by atoms with Crippen molar-refractivity contribution in [1.29, 1.82) is 0 Å². The second-order valence-electron chi connectivity index (χ2n) is 8.66. The van der Waals surface area contributed by atoms with Crippen molar-refractivity contribution in [3.63, 3.8) is 0 Å². The lowest BCUT2D eigenvalue weighted by Gasteiger charge is -2.24. The zero-order valence-corrected chi connectivity index (χ0v) is 22.3. The summed E-state index contributed by atoms with van der Waals surface area (Å²) in [5.41, 5.74) is 4.12. The predicted octanol–water partition coefficient (Wildman–Crippen LogP) is 6.00. The summed E-state index contributed by atoms with van der Waals surface area (Å²) in [7, 11) is -3.74. The summed E-state index contributed by atoms with van der Waals surface area (Å²) in [6, 6.07) is 12.0. The lowest BCUT2D eigenvalue weighted by molar-refractivity contribution is 0.228. The Kier molecular flexibility index (Phi) is 7.45. The van der Waals surface area contributed by atoms with Gasteiger partial charge in [-0.2, -0.15) is 0 Å². The molecule has 0 aliphatic heterocycles. The summed E-state index contributed by atoms with van der Waals surface area (Å²) >= 11 is 3.69. The first-order valence-electron chi connectivity index (χ1n) is 10.7. The predicted molar refractivity (Wildman–Crippen MR) is 134 cm³/mol. The highest BCUT2D eigenvalue weighted by atomic mass is 79.9. The van der Waals surface area contributed by atoms with E-state index in [0.717, 1.165) is 26.7 Å². The Hall–Kier alpha value is -1.79. The van der Waals surface area contributed by atoms with E-state index in [9.17, 15) is 4.57 Å². The molecule has 0 N–H and O–H groups in total. The van der Waals surface area contributed by atoms with Crippen LogP contribution in [0.25, 0.3) is 16.6 Å². The number of benzene rings is 2. The Balaban J connectivity index is 2.63. The van der Waals surface area contributed by atoms with E-state index in [1.54, 1.807) is 13.8 Å². The zero-order valence-electron chi connectivity index (χ0n) is 19.8. The van der Waals surface area contributed by atoms with Crippen LogP contribution in [0.15, 0.2) is 45.9 Å². The highest BCUT2D eigenvalue weighted by Crippen LogP contribution is 2.46. The maximum Gasteiger partial charge on any atom is 0.397 e. The third-order valence-electron chi connectivity index (χ3n) is 4.65. The molecule has 0 saturated heterocycles. The first kappa shape index (κ1) is 24.8. The standard InChI is InChI=1S/C24H31BrN3O3P/c1-8-30-32(29,31-9-2)23-26-20-12-10-16(3)14-18(20)22(27-24(5,6)7)28(23)21-13-11-17(4)15-19(21)25/h10-15H,8-9H2,1-7H3. The Bertz CT molecular complexity index is 1250. The smallest absolute Gasteiger partial charge is 0.303 e. The molecule has 0 radical (unpaired) electrons. The van der Waals surface area contributed by atoms with Crippen molar-refractivity contribution in [3.8, 4) is 5.69 Å². The molecule has 0 spiro atoms. The average molecular weight is 520 g/mol. The fraction of sp³-hybridized carbons (Fsp3) is 0.417. The quantitative estimate of drug-likeness (QED) is 0.375. The van der Waals surface area contributed by atoms with Crippen LogP contribution in [0.3, 0.4) is 0 Å². The van der Waals surface area contributed by atoms with Crippen LogP contribution in [-0.2, 0) is 13.6 Å². The number of hydrogen-bond acceptors (Lipinski definition) is 5. The molecule has 0 amide bonds. The molecule has 1 heterocycles. The van der Waals surface area contributed by atoms with Crippen molar-refractivity contribution in [2.24, 2.45) is 4.99 Å². The SMILES string of the molecule is CCOP(=O)(OCC)c1nc2ccc(C)cc2c(=NC(C)(C)C)n1-c1ccc(C)cc1Br. The number of nitrogens with zero attached hydrogens (tertiary/aromatic N) is 3. The van der Waals surface area contributed by atoms with E-state index in [1.165, 1.54) is 0 Å². The minimum Gasteiger partial charge on any atom is -0.303 e. The molecule has 8 heteroatoms. The van der Waals surface area contributed by atoms with Crippen molar-refractivity contribution in [2.45, 2.75) is 54.0 Å². The van der Waals surface area contributed by atoms with Crippen LogP contribution in [-0.4, -0.2) is 28.3 Å². The topological polar surface area (TPSA) is 65.7 Å². The molecule has 0 atom stereocenters. The molecule has 3 rings (SSSR count). The van der Waals surface area contributed by atoms with Gasteiger partial charge in [0.2, 0.25) is 5.57 Å². The van der Waals surface area contributed by atoms with E-state index >= 15 is 0 Å². The number of halogens is 1. The summed E-state index contributed by atoms with van der Waals surface area (Å²) < 4.78 is 28.2. The molecule has 172 valence electrons. The Morgan fingerprint density at radius 2 is 1.62 bits per heavy atom. The fourth-order valence-corrected chi connectivity index (χ4v) is 5.75. The number of hydrogen-bond donors (Lipinski definition) is 0. The molecule has 6 nitrogen and oxygen atoms in total. The van der Waals surface area contributed by atoms with Crippen molar-refractivity contribution < 1.29 is 13.6 Å². The van der Waals surface area contributed by atoms with Crippen LogP contribution in [0.1, 0.15) is 45.7 Å². The van der Waals surface area contributed by atoms with Crippen LogP contribution < -0.4 is 11.1 Å². The van der Waals surface area contributed by atoms with E-state index in [0.29, 0.717) is 11.0 Å². The molecule has 1 aromatic heterocycles. The summed E-state index contributed by atoms with van der Waals surface area (Å²) in [5, 5.41) is 0.871. The molecule has 0 fully saturated rings. The Morgan fingerprint density at radius 3 is 2.19 bits per heavy atom. The molecular formula is C24H31BrN3O3P.